The van der Waals surface area contributed by atoms with E-state index in [0.717, 1.165) is 43.2 Å². The van der Waals surface area contributed by atoms with Gasteiger partial charge in [-0.05, 0) is 87.5 Å². The third-order valence-electron chi connectivity index (χ3n) is 10.3. The van der Waals surface area contributed by atoms with E-state index >= 15 is 0 Å². The summed E-state index contributed by atoms with van der Waals surface area (Å²) in [7, 11) is 2.00. The number of ketones is 1. The minimum atomic E-state index is -0.798. The molecular weight excluding hydrogens is 388 g/mol. The molecular formula is C26H44N2O3. The number of carbonyl (C=O) groups excluding carboxylic acids is 1. The lowest BCUT2D eigenvalue weighted by Gasteiger charge is -2.61. The fourth-order valence-electron chi connectivity index (χ4n) is 8.26. The molecule has 5 aliphatic rings. The molecule has 0 spiro atoms. The molecule has 0 aromatic rings. The van der Waals surface area contributed by atoms with Gasteiger partial charge in [0.2, 0.25) is 0 Å². The highest BCUT2D eigenvalue weighted by Crippen LogP contribution is 2.64. The minimum absolute atomic E-state index is 0.0529. The van der Waals surface area contributed by atoms with Gasteiger partial charge >= 0.3 is 6.09 Å². The van der Waals surface area contributed by atoms with Crippen molar-refractivity contribution in [3.8, 4) is 0 Å². The molecule has 5 nitrogen and oxygen atoms in total. The second-order valence-corrected chi connectivity index (χ2v) is 11.7. The van der Waals surface area contributed by atoms with Gasteiger partial charge in [-0.3, -0.25) is 4.79 Å². The van der Waals surface area contributed by atoms with E-state index in [9.17, 15) is 9.59 Å². The molecule has 5 rings (SSSR count). The van der Waals surface area contributed by atoms with E-state index in [1.54, 1.807) is 0 Å². The van der Waals surface area contributed by atoms with Crippen molar-refractivity contribution < 1.29 is 14.7 Å². The zero-order valence-electron chi connectivity index (χ0n) is 20.1. The quantitative estimate of drug-likeness (QED) is 0.565. The monoisotopic (exact) mass is 432 g/mol. The lowest BCUT2D eigenvalue weighted by molar-refractivity contribution is -0.154. The number of amides is 1. The van der Waals surface area contributed by atoms with Crippen molar-refractivity contribution in [3.63, 3.8) is 0 Å². The average molecular weight is 433 g/mol. The molecule has 31 heavy (non-hydrogen) atoms. The van der Waals surface area contributed by atoms with Crippen molar-refractivity contribution in [2.75, 3.05) is 33.2 Å². The van der Waals surface area contributed by atoms with Gasteiger partial charge in [0.1, 0.15) is 5.78 Å². The van der Waals surface area contributed by atoms with E-state index in [1.807, 2.05) is 7.05 Å². The standard InChI is InChI=1S/C20H32O.C6H12N2O2/c1-19-12-4-3-6-14(19)9-10-15-16-7-5-8-18(21)20(16,2)13-11-17(15)19;1-7-2-4-8(5-3-7)6(9)10/h14-17H,3-13H2,1-2H3;2-5H2,1H3,(H,9,10). The first-order valence-electron chi connectivity index (χ1n) is 13.0. The Morgan fingerprint density at radius 1 is 0.903 bits per heavy atom. The van der Waals surface area contributed by atoms with E-state index in [0.29, 0.717) is 24.3 Å². The van der Waals surface area contributed by atoms with Crippen LogP contribution in [0.25, 0.3) is 0 Å². The third kappa shape index (κ3) is 4.28. The summed E-state index contributed by atoms with van der Waals surface area (Å²) in [5.41, 5.74) is 0.667. The fourth-order valence-corrected chi connectivity index (χ4v) is 8.26. The molecule has 6 unspecified atom stereocenters. The van der Waals surface area contributed by atoms with E-state index in [4.69, 9.17) is 5.11 Å². The van der Waals surface area contributed by atoms with Crippen molar-refractivity contribution in [3.05, 3.63) is 0 Å². The Morgan fingerprint density at radius 2 is 1.65 bits per heavy atom. The van der Waals surface area contributed by atoms with Crippen LogP contribution in [0.2, 0.25) is 0 Å². The Labute approximate surface area is 188 Å². The van der Waals surface area contributed by atoms with Crippen LogP contribution in [-0.2, 0) is 4.79 Å². The lowest BCUT2D eigenvalue weighted by Crippen LogP contribution is -2.55. The van der Waals surface area contributed by atoms with Crippen LogP contribution in [0.15, 0.2) is 0 Å². The molecule has 0 bridgehead atoms. The molecule has 0 aromatic heterocycles. The number of Topliss-reactive ketones (excluding diaryl/α,β-unsaturated/α-hetero) is 1. The summed E-state index contributed by atoms with van der Waals surface area (Å²) >= 11 is 0. The Hall–Kier alpha value is -1.10. The third-order valence-corrected chi connectivity index (χ3v) is 10.3. The van der Waals surface area contributed by atoms with Gasteiger partial charge < -0.3 is 14.9 Å². The minimum Gasteiger partial charge on any atom is -0.465 e. The fraction of sp³-hybridized carbons (Fsp3) is 0.923. The summed E-state index contributed by atoms with van der Waals surface area (Å²) in [5.74, 6) is 4.12. The first-order chi connectivity index (χ1) is 14.8. The van der Waals surface area contributed by atoms with Crippen molar-refractivity contribution in [2.24, 2.45) is 34.5 Å². The maximum Gasteiger partial charge on any atom is 0.407 e. The maximum atomic E-state index is 12.6. The van der Waals surface area contributed by atoms with Crippen LogP contribution in [0, 0.1) is 34.5 Å². The maximum absolute atomic E-state index is 12.6. The molecule has 0 radical (unpaired) electrons. The highest BCUT2D eigenvalue weighted by molar-refractivity contribution is 5.85. The zero-order chi connectivity index (χ0) is 22.2. The van der Waals surface area contributed by atoms with Gasteiger partial charge in [0.25, 0.3) is 0 Å². The highest BCUT2D eigenvalue weighted by atomic mass is 16.4. The largest absolute Gasteiger partial charge is 0.465 e. The second kappa shape index (κ2) is 9.03. The lowest BCUT2D eigenvalue weighted by atomic mass is 9.43. The Morgan fingerprint density at radius 3 is 2.35 bits per heavy atom. The average Bonchev–Trinajstić information content (AvgIpc) is 2.75. The van der Waals surface area contributed by atoms with E-state index in [1.165, 1.54) is 69.1 Å². The molecule has 1 saturated heterocycles. The van der Waals surface area contributed by atoms with Crippen LogP contribution in [0.5, 0.6) is 0 Å². The van der Waals surface area contributed by atoms with Crippen LogP contribution in [0.3, 0.4) is 0 Å². The topological polar surface area (TPSA) is 60.9 Å². The van der Waals surface area contributed by atoms with Crippen LogP contribution in [0.4, 0.5) is 4.79 Å². The van der Waals surface area contributed by atoms with Crippen molar-refractivity contribution in [2.45, 2.75) is 84.5 Å². The number of hydrogen-bond acceptors (Lipinski definition) is 3. The van der Waals surface area contributed by atoms with Crippen LogP contribution in [0.1, 0.15) is 84.5 Å². The summed E-state index contributed by atoms with van der Waals surface area (Å²) in [4.78, 5) is 26.5. The Bertz CT molecular complexity index is 674. The molecule has 4 aliphatic carbocycles. The second-order valence-electron chi connectivity index (χ2n) is 11.7. The number of fused-ring (bicyclic) bond motifs is 5. The van der Waals surface area contributed by atoms with Crippen LogP contribution in [-0.4, -0.2) is 60.0 Å². The van der Waals surface area contributed by atoms with Crippen molar-refractivity contribution in [1.29, 1.82) is 0 Å². The predicted octanol–water partition coefficient (Wildman–Crippen LogP) is 5.29. The van der Waals surface area contributed by atoms with Crippen LogP contribution >= 0.6 is 0 Å². The van der Waals surface area contributed by atoms with Crippen molar-refractivity contribution >= 4 is 11.9 Å². The number of piperazine rings is 1. The van der Waals surface area contributed by atoms with Gasteiger partial charge in [-0.2, -0.15) is 0 Å². The number of likely N-dealkylation sites (N-methyl/N-ethyl adjacent to an activating group) is 1. The SMILES string of the molecule is CC12CCC3C(CCC4CCCCC43C)C1CCCC2=O.CN1CCN(C(=O)O)CC1. The normalized spacial score (nSPS) is 43.1. The van der Waals surface area contributed by atoms with Gasteiger partial charge in [0, 0.05) is 38.0 Å². The predicted molar refractivity (Wildman–Crippen MR) is 123 cm³/mol. The smallest absolute Gasteiger partial charge is 0.407 e. The van der Waals surface area contributed by atoms with E-state index in [-0.39, 0.29) is 5.41 Å². The molecule has 1 N–H and O–H groups in total. The zero-order valence-corrected chi connectivity index (χ0v) is 20.1. The molecule has 1 aliphatic heterocycles. The molecule has 1 amide bonds. The number of rotatable bonds is 0. The number of carbonyl (C=O) groups is 2. The highest BCUT2D eigenvalue weighted by Gasteiger charge is 2.58. The molecule has 6 atom stereocenters. The van der Waals surface area contributed by atoms with E-state index in [2.05, 4.69) is 18.7 Å². The summed E-state index contributed by atoms with van der Waals surface area (Å²) in [6.45, 7) is 7.95. The molecule has 5 heteroatoms. The molecule has 5 fully saturated rings. The molecule has 0 aromatic carbocycles. The number of hydrogen-bond donors (Lipinski definition) is 1. The summed E-state index contributed by atoms with van der Waals surface area (Å²) in [6, 6.07) is 0. The van der Waals surface area contributed by atoms with Gasteiger partial charge in [-0.15, -0.1) is 0 Å². The Balaban J connectivity index is 0.000000196. The first kappa shape index (κ1) is 23.1. The number of carboxylic acid groups (broad SMARTS) is 1. The molecule has 176 valence electrons. The van der Waals surface area contributed by atoms with Gasteiger partial charge in [-0.25, -0.2) is 4.79 Å². The Kier molecular flexibility index (Phi) is 6.72. The summed E-state index contributed by atoms with van der Waals surface area (Å²) < 4.78 is 0. The van der Waals surface area contributed by atoms with Gasteiger partial charge in [0.05, 0.1) is 0 Å². The molecule has 4 saturated carbocycles. The summed E-state index contributed by atoms with van der Waals surface area (Å²) in [6.07, 6.45) is 13.9. The van der Waals surface area contributed by atoms with Gasteiger partial charge in [0.15, 0.2) is 0 Å². The van der Waals surface area contributed by atoms with Crippen molar-refractivity contribution in [1.82, 2.24) is 9.80 Å². The number of nitrogens with zero attached hydrogens (tertiary/aromatic N) is 2. The van der Waals surface area contributed by atoms with E-state index < -0.39 is 6.09 Å². The van der Waals surface area contributed by atoms with Gasteiger partial charge in [-0.1, -0.05) is 26.7 Å². The molecule has 1 heterocycles. The van der Waals surface area contributed by atoms with Crippen LogP contribution < -0.4 is 0 Å². The summed E-state index contributed by atoms with van der Waals surface area (Å²) in [5, 5.41) is 8.53. The first-order valence-corrected chi connectivity index (χ1v) is 13.0.